The predicted octanol–water partition coefficient (Wildman–Crippen LogP) is 2.46. The molecule has 2 rings (SSSR count). The number of aliphatic hydroxyl groups is 1. The molecule has 1 saturated carbocycles. The SMILES string of the molecule is COc1ccc(OCC(O)CNCC2(C(C)C)CC2)cc1. The maximum atomic E-state index is 9.95. The average molecular weight is 293 g/mol. The summed E-state index contributed by atoms with van der Waals surface area (Å²) in [6.07, 6.45) is 2.11. The highest BCUT2D eigenvalue weighted by molar-refractivity contribution is 5.31. The Balaban J connectivity index is 1.64. The topological polar surface area (TPSA) is 50.7 Å². The molecule has 4 heteroatoms. The van der Waals surface area contributed by atoms with E-state index in [1.807, 2.05) is 24.3 Å². The van der Waals surface area contributed by atoms with Gasteiger partial charge in [-0.2, -0.15) is 0 Å². The molecule has 4 nitrogen and oxygen atoms in total. The van der Waals surface area contributed by atoms with Gasteiger partial charge in [0.1, 0.15) is 24.2 Å². The zero-order valence-electron chi connectivity index (χ0n) is 13.3. The van der Waals surface area contributed by atoms with Crippen molar-refractivity contribution in [1.29, 1.82) is 0 Å². The fraction of sp³-hybridized carbons (Fsp3) is 0.647. The quantitative estimate of drug-likeness (QED) is 0.734. The van der Waals surface area contributed by atoms with Crippen molar-refractivity contribution in [3.63, 3.8) is 0 Å². The Morgan fingerprint density at radius 2 is 1.81 bits per heavy atom. The highest BCUT2D eigenvalue weighted by Gasteiger charge is 2.44. The van der Waals surface area contributed by atoms with Crippen molar-refractivity contribution in [2.45, 2.75) is 32.8 Å². The second kappa shape index (κ2) is 7.14. The normalized spacial score (nSPS) is 17.6. The molecule has 0 amide bonds. The summed E-state index contributed by atoms with van der Waals surface area (Å²) in [6, 6.07) is 7.38. The van der Waals surface area contributed by atoms with Gasteiger partial charge < -0.3 is 19.9 Å². The van der Waals surface area contributed by atoms with E-state index in [1.165, 1.54) is 12.8 Å². The minimum atomic E-state index is -0.491. The van der Waals surface area contributed by atoms with Crippen molar-refractivity contribution < 1.29 is 14.6 Å². The van der Waals surface area contributed by atoms with Gasteiger partial charge >= 0.3 is 0 Å². The summed E-state index contributed by atoms with van der Waals surface area (Å²) in [5.74, 6) is 2.25. The Hall–Kier alpha value is -1.26. The molecule has 1 aliphatic carbocycles. The number of rotatable bonds is 9. The molecule has 1 fully saturated rings. The van der Waals surface area contributed by atoms with Crippen LogP contribution in [0.3, 0.4) is 0 Å². The highest BCUT2D eigenvalue weighted by atomic mass is 16.5. The Bertz CT molecular complexity index is 426. The van der Waals surface area contributed by atoms with Crippen LogP contribution in [0, 0.1) is 11.3 Å². The van der Waals surface area contributed by atoms with Crippen LogP contribution in [-0.4, -0.2) is 38.0 Å². The van der Waals surface area contributed by atoms with Crippen molar-refractivity contribution >= 4 is 0 Å². The summed E-state index contributed by atoms with van der Waals surface area (Å²) < 4.78 is 10.7. The minimum absolute atomic E-state index is 0.300. The fourth-order valence-corrected chi connectivity index (χ4v) is 2.53. The molecule has 0 bridgehead atoms. The number of hydrogen-bond donors (Lipinski definition) is 2. The largest absolute Gasteiger partial charge is 0.497 e. The molecule has 0 saturated heterocycles. The Kier molecular flexibility index (Phi) is 5.48. The number of methoxy groups -OCH3 is 1. The number of nitrogens with one attached hydrogen (secondary N) is 1. The van der Waals surface area contributed by atoms with Gasteiger partial charge in [-0.3, -0.25) is 0 Å². The summed E-state index contributed by atoms with van der Waals surface area (Å²) >= 11 is 0. The lowest BCUT2D eigenvalue weighted by Crippen LogP contribution is -2.36. The molecule has 1 aliphatic rings. The van der Waals surface area contributed by atoms with Crippen LogP contribution in [-0.2, 0) is 0 Å². The van der Waals surface area contributed by atoms with Gasteiger partial charge in [-0.15, -0.1) is 0 Å². The van der Waals surface area contributed by atoms with Crippen LogP contribution in [0.5, 0.6) is 11.5 Å². The van der Waals surface area contributed by atoms with Gasteiger partial charge in [0.2, 0.25) is 0 Å². The van der Waals surface area contributed by atoms with E-state index in [9.17, 15) is 5.11 Å². The lowest BCUT2D eigenvalue weighted by atomic mass is 9.92. The molecule has 1 aromatic rings. The first-order chi connectivity index (χ1) is 10.1. The molecule has 1 atom stereocenters. The number of ether oxygens (including phenoxy) is 2. The van der Waals surface area contributed by atoms with E-state index in [2.05, 4.69) is 19.2 Å². The Morgan fingerprint density at radius 3 is 2.33 bits per heavy atom. The molecule has 0 radical (unpaired) electrons. The molecular weight excluding hydrogens is 266 g/mol. The van der Waals surface area contributed by atoms with Crippen LogP contribution < -0.4 is 14.8 Å². The number of aliphatic hydroxyl groups excluding tert-OH is 1. The third-order valence-electron chi connectivity index (χ3n) is 4.48. The predicted molar refractivity (Wildman–Crippen MR) is 83.9 cm³/mol. The number of benzene rings is 1. The first-order valence-corrected chi connectivity index (χ1v) is 7.71. The summed E-state index contributed by atoms with van der Waals surface area (Å²) in [6.45, 7) is 6.42. The van der Waals surface area contributed by atoms with Gasteiger partial charge in [0.15, 0.2) is 0 Å². The first kappa shape index (κ1) is 16.1. The summed E-state index contributed by atoms with van der Waals surface area (Å²) in [4.78, 5) is 0. The summed E-state index contributed by atoms with van der Waals surface area (Å²) in [5.41, 5.74) is 0.469. The molecular formula is C17H27NO3. The van der Waals surface area contributed by atoms with E-state index < -0.39 is 6.10 Å². The molecule has 1 aromatic carbocycles. The Labute approximate surface area is 127 Å². The minimum Gasteiger partial charge on any atom is -0.497 e. The van der Waals surface area contributed by atoms with Gasteiger partial charge in [-0.1, -0.05) is 13.8 Å². The molecule has 21 heavy (non-hydrogen) atoms. The van der Waals surface area contributed by atoms with Crippen molar-refractivity contribution in [3.05, 3.63) is 24.3 Å². The van der Waals surface area contributed by atoms with Crippen molar-refractivity contribution in [2.24, 2.45) is 11.3 Å². The lowest BCUT2D eigenvalue weighted by Gasteiger charge is -2.21. The van der Waals surface area contributed by atoms with E-state index in [0.717, 1.165) is 18.0 Å². The fourth-order valence-electron chi connectivity index (χ4n) is 2.53. The maximum absolute atomic E-state index is 9.95. The van der Waals surface area contributed by atoms with Gasteiger partial charge in [0.25, 0.3) is 0 Å². The lowest BCUT2D eigenvalue weighted by molar-refractivity contribution is 0.104. The van der Waals surface area contributed by atoms with Gasteiger partial charge in [0.05, 0.1) is 7.11 Å². The standard InChI is InChI=1S/C17H27NO3/c1-13(2)17(8-9-17)12-18-10-14(19)11-21-16-6-4-15(20-3)5-7-16/h4-7,13-14,18-19H,8-12H2,1-3H3. The highest BCUT2D eigenvalue weighted by Crippen LogP contribution is 2.51. The molecule has 0 aliphatic heterocycles. The zero-order valence-corrected chi connectivity index (χ0v) is 13.3. The maximum Gasteiger partial charge on any atom is 0.119 e. The molecule has 0 heterocycles. The van der Waals surface area contributed by atoms with Gasteiger partial charge in [0, 0.05) is 13.1 Å². The van der Waals surface area contributed by atoms with Gasteiger partial charge in [-0.05, 0) is 48.4 Å². The van der Waals surface area contributed by atoms with E-state index in [0.29, 0.717) is 24.5 Å². The zero-order chi connectivity index (χ0) is 15.3. The van der Waals surface area contributed by atoms with Crippen LogP contribution in [0.4, 0.5) is 0 Å². The summed E-state index contributed by atoms with van der Waals surface area (Å²) in [7, 11) is 1.63. The Morgan fingerprint density at radius 1 is 1.19 bits per heavy atom. The molecule has 0 aromatic heterocycles. The van der Waals surface area contributed by atoms with Crippen molar-refractivity contribution in [1.82, 2.24) is 5.32 Å². The smallest absolute Gasteiger partial charge is 0.119 e. The van der Waals surface area contributed by atoms with Crippen LogP contribution in [0.15, 0.2) is 24.3 Å². The van der Waals surface area contributed by atoms with Crippen molar-refractivity contribution in [2.75, 3.05) is 26.8 Å². The average Bonchev–Trinajstić information content (AvgIpc) is 3.27. The van der Waals surface area contributed by atoms with E-state index in [-0.39, 0.29) is 0 Å². The molecule has 2 N–H and O–H groups in total. The van der Waals surface area contributed by atoms with E-state index >= 15 is 0 Å². The van der Waals surface area contributed by atoms with Crippen molar-refractivity contribution in [3.8, 4) is 11.5 Å². The first-order valence-electron chi connectivity index (χ1n) is 7.71. The van der Waals surface area contributed by atoms with Crippen LogP contribution in [0.25, 0.3) is 0 Å². The van der Waals surface area contributed by atoms with Crippen LogP contribution in [0.2, 0.25) is 0 Å². The molecule has 118 valence electrons. The molecule has 1 unspecified atom stereocenters. The number of hydrogen-bond acceptors (Lipinski definition) is 4. The third kappa shape index (κ3) is 4.61. The van der Waals surface area contributed by atoms with Crippen LogP contribution >= 0.6 is 0 Å². The van der Waals surface area contributed by atoms with E-state index in [1.54, 1.807) is 7.11 Å². The summed E-state index contributed by atoms with van der Waals surface area (Å²) in [5, 5.41) is 13.3. The third-order valence-corrected chi connectivity index (χ3v) is 4.48. The molecule has 0 spiro atoms. The monoisotopic (exact) mass is 293 g/mol. The van der Waals surface area contributed by atoms with Crippen LogP contribution in [0.1, 0.15) is 26.7 Å². The van der Waals surface area contributed by atoms with Gasteiger partial charge in [-0.25, -0.2) is 0 Å². The van der Waals surface area contributed by atoms with E-state index in [4.69, 9.17) is 9.47 Å². The second-order valence-electron chi connectivity index (χ2n) is 6.29. The second-order valence-corrected chi connectivity index (χ2v) is 6.29.